The van der Waals surface area contributed by atoms with Crippen molar-refractivity contribution in [3.8, 4) is 0 Å². The molecule has 1 aromatic heterocycles. The minimum Gasteiger partial charge on any atom is -0.354 e. The highest BCUT2D eigenvalue weighted by Gasteiger charge is 2.24. The van der Waals surface area contributed by atoms with Crippen LogP contribution in [-0.2, 0) is 6.54 Å². The van der Waals surface area contributed by atoms with Gasteiger partial charge in [-0.25, -0.2) is 9.37 Å². The second-order valence-corrected chi connectivity index (χ2v) is 4.90. The zero-order valence-corrected chi connectivity index (χ0v) is 11.2. The van der Waals surface area contributed by atoms with Crippen LogP contribution < -0.4 is 10.2 Å². The first kappa shape index (κ1) is 13.3. The smallest absolute Gasteiger partial charge is 0.170 e. The summed E-state index contributed by atoms with van der Waals surface area (Å²) in [5.41, 5.74) is 0.710. The molecular formula is C14H22FN3. The van der Waals surface area contributed by atoms with Crippen molar-refractivity contribution in [1.82, 2.24) is 10.3 Å². The molecule has 3 nitrogen and oxygen atoms in total. The maximum atomic E-state index is 14.3. The highest BCUT2D eigenvalue weighted by molar-refractivity contribution is 5.44. The Balaban J connectivity index is 2.13. The van der Waals surface area contributed by atoms with E-state index in [0.717, 1.165) is 32.5 Å². The Bertz CT molecular complexity index is 395. The molecule has 1 N–H and O–H groups in total. The van der Waals surface area contributed by atoms with E-state index in [-0.39, 0.29) is 5.82 Å². The lowest BCUT2D eigenvalue weighted by molar-refractivity contribution is 0.562. The van der Waals surface area contributed by atoms with Gasteiger partial charge >= 0.3 is 0 Å². The molecule has 1 aliphatic rings. The zero-order chi connectivity index (χ0) is 13.0. The van der Waals surface area contributed by atoms with Crippen LogP contribution in [0.2, 0.25) is 0 Å². The van der Waals surface area contributed by atoms with E-state index in [4.69, 9.17) is 0 Å². The lowest BCUT2D eigenvalue weighted by Gasteiger charge is -2.19. The monoisotopic (exact) mass is 251 g/mol. The second kappa shape index (κ2) is 6.14. The van der Waals surface area contributed by atoms with Crippen molar-refractivity contribution in [3.63, 3.8) is 0 Å². The Hall–Kier alpha value is -1.16. The van der Waals surface area contributed by atoms with Crippen molar-refractivity contribution in [2.75, 3.05) is 24.5 Å². The molecule has 1 saturated heterocycles. The molecule has 1 fully saturated rings. The van der Waals surface area contributed by atoms with Crippen LogP contribution in [0, 0.1) is 11.7 Å². The van der Waals surface area contributed by atoms with Gasteiger partial charge in [0.05, 0.1) is 0 Å². The molecule has 0 aliphatic carbocycles. The van der Waals surface area contributed by atoms with Gasteiger partial charge in [-0.15, -0.1) is 0 Å². The van der Waals surface area contributed by atoms with Crippen molar-refractivity contribution in [1.29, 1.82) is 0 Å². The fraction of sp³-hybridized carbons (Fsp3) is 0.643. The first-order valence-corrected chi connectivity index (χ1v) is 6.85. The average molecular weight is 251 g/mol. The Morgan fingerprint density at radius 3 is 3.00 bits per heavy atom. The van der Waals surface area contributed by atoms with E-state index >= 15 is 0 Å². The van der Waals surface area contributed by atoms with Gasteiger partial charge in [0.2, 0.25) is 0 Å². The van der Waals surface area contributed by atoms with E-state index in [0.29, 0.717) is 23.8 Å². The predicted molar refractivity (Wildman–Crippen MR) is 72.2 cm³/mol. The normalized spacial score (nSPS) is 19.5. The quantitative estimate of drug-likeness (QED) is 0.871. The summed E-state index contributed by atoms with van der Waals surface area (Å²) >= 11 is 0. The summed E-state index contributed by atoms with van der Waals surface area (Å²) in [5.74, 6) is 1.06. The van der Waals surface area contributed by atoms with Crippen molar-refractivity contribution in [2.24, 2.45) is 5.92 Å². The Morgan fingerprint density at radius 1 is 1.50 bits per heavy atom. The Morgan fingerprint density at radius 2 is 2.33 bits per heavy atom. The molecule has 18 heavy (non-hydrogen) atoms. The first-order valence-electron chi connectivity index (χ1n) is 6.85. The van der Waals surface area contributed by atoms with Crippen LogP contribution in [0.15, 0.2) is 12.3 Å². The summed E-state index contributed by atoms with van der Waals surface area (Å²) in [6.07, 6.45) is 4.02. The highest BCUT2D eigenvalue weighted by atomic mass is 19.1. The van der Waals surface area contributed by atoms with Crippen molar-refractivity contribution in [2.45, 2.75) is 33.2 Å². The van der Waals surface area contributed by atoms with E-state index < -0.39 is 0 Å². The van der Waals surface area contributed by atoms with Crippen molar-refractivity contribution < 1.29 is 4.39 Å². The van der Waals surface area contributed by atoms with Crippen LogP contribution in [0.4, 0.5) is 10.2 Å². The van der Waals surface area contributed by atoms with E-state index in [9.17, 15) is 4.39 Å². The molecule has 0 bridgehead atoms. The average Bonchev–Trinajstić information content (AvgIpc) is 2.86. The van der Waals surface area contributed by atoms with Crippen LogP contribution in [0.1, 0.15) is 32.3 Å². The lowest BCUT2D eigenvalue weighted by Crippen LogP contribution is -2.23. The molecule has 1 atom stereocenters. The fourth-order valence-electron chi connectivity index (χ4n) is 2.45. The number of nitrogens with one attached hydrogen (secondary N) is 1. The van der Waals surface area contributed by atoms with Gasteiger partial charge in [-0.05, 0) is 24.9 Å². The summed E-state index contributed by atoms with van der Waals surface area (Å²) in [6.45, 7) is 7.49. The van der Waals surface area contributed by atoms with Crippen LogP contribution >= 0.6 is 0 Å². The van der Waals surface area contributed by atoms with Gasteiger partial charge < -0.3 is 10.2 Å². The number of nitrogens with zero attached hydrogens (tertiary/aromatic N) is 2. The molecule has 0 radical (unpaired) electrons. The molecule has 2 heterocycles. The molecule has 0 aromatic carbocycles. The van der Waals surface area contributed by atoms with Gasteiger partial charge in [0, 0.05) is 31.4 Å². The Kier molecular flexibility index (Phi) is 4.53. The van der Waals surface area contributed by atoms with Crippen LogP contribution in [-0.4, -0.2) is 24.6 Å². The minimum atomic E-state index is -0.157. The summed E-state index contributed by atoms with van der Waals surface area (Å²) in [6, 6.07) is 1.76. The minimum absolute atomic E-state index is 0.157. The van der Waals surface area contributed by atoms with E-state index in [2.05, 4.69) is 22.1 Å². The van der Waals surface area contributed by atoms with Crippen LogP contribution in [0.5, 0.6) is 0 Å². The Labute approximate surface area is 108 Å². The fourth-order valence-corrected chi connectivity index (χ4v) is 2.45. The molecule has 0 spiro atoms. The molecule has 4 heteroatoms. The predicted octanol–water partition coefficient (Wildman–Crippen LogP) is 2.57. The number of hydrogen-bond acceptors (Lipinski definition) is 3. The number of anilines is 1. The highest BCUT2D eigenvalue weighted by Crippen LogP contribution is 2.27. The largest absolute Gasteiger partial charge is 0.354 e. The van der Waals surface area contributed by atoms with E-state index in [1.54, 1.807) is 12.3 Å². The summed E-state index contributed by atoms with van der Waals surface area (Å²) in [5, 5.41) is 3.16. The number of halogens is 1. The molecule has 0 saturated carbocycles. The van der Waals surface area contributed by atoms with Crippen molar-refractivity contribution >= 4 is 5.82 Å². The van der Waals surface area contributed by atoms with Crippen LogP contribution in [0.3, 0.4) is 0 Å². The van der Waals surface area contributed by atoms with Gasteiger partial charge in [0.25, 0.3) is 0 Å². The molecular weight excluding hydrogens is 229 g/mol. The second-order valence-electron chi connectivity index (χ2n) is 4.90. The first-order chi connectivity index (χ1) is 8.76. The van der Waals surface area contributed by atoms with E-state index in [1.807, 2.05) is 6.92 Å². The summed E-state index contributed by atoms with van der Waals surface area (Å²) < 4.78 is 14.3. The third kappa shape index (κ3) is 2.80. The molecule has 0 amide bonds. The SMILES string of the molecule is CCNCc1ccnc(N2CCC(CC)C2)c1F. The molecule has 1 unspecified atom stereocenters. The maximum Gasteiger partial charge on any atom is 0.170 e. The number of aromatic nitrogens is 1. The van der Waals surface area contributed by atoms with Gasteiger partial charge in [-0.1, -0.05) is 20.3 Å². The van der Waals surface area contributed by atoms with Crippen molar-refractivity contribution in [3.05, 3.63) is 23.6 Å². The summed E-state index contributed by atoms with van der Waals surface area (Å²) in [4.78, 5) is 6.30. The van der Waals surface area contributed by atoms with Gasteiger partial charge in [0.1, 0.15) is 0 Å². The standard InChI is InChI=1S/C14H22FN3/c1-3-11-6-8-18(10-11)14-13(15)12(5-7-17-14)9-16-4-2/h5,7,11,16H,3-4,6,8-10H2,1-2H3. The molecule has 1 aliphatic heterocycles. The van der Waals surface area contributed by atoms with E-state index in [1.165, 1.54) is 0 Å². The number of pyridine rings is 1. The molecule has 100 valence electrons. The zero-order valence-electron chi connectivity index (χ0n) is 11.2. The van der Waals surface area contributed by atoms with Gasteiger partial charge in [0.15, 0.2) is 11.6 Å². The third-order valence-corrected chi connectivity index (χ3v) is 3.68. The maximum absolute atomic E-state index is 14.3. The van der Waals surface area contributed by atoms with Gasteiger partial charge in [-0.3, -0.25) is 0 Å². The number of hydrogen-bond donors (Lipinski definition) is 1. The third-order valence-electron chi connectivity index (χ3n) is 3.68. The molecule has 2 rings (SSSR count). The lowest BCUT2D eigenvalue weighted by atomic mass is 10.1. The van der Waals surface area contributed by atoms with Gasteiger partial charge in [-0.2, -0.15) is 0 Å². The van der Waals surface area contributed by atoms with Crippen LogP contribution in [0.25, 0.3) is 0 Å². The summed E-state index contributed by atoms with van der Waals surface area (Å²) in [7, 11) is 0. The molecule has 1 aromatic rings. The number of rotatable bonds is 5. The topological polar surface area (TPSA) is 28.2 Å².